The van der Waals surface area contributed by atoms with E-state index < -0.39 is 47.8 Å². The number of amides is 2. The summed E-state index contributed by atoms with van der Waals surface area (Å²) >= 11 is 0. The largest absolute Gasteiger partial charge is 0.496 e. The van der Waals surface area contributed by atoms with Crippen LogP contribution in [0.15, 0.2) is 12.1 Å². The molecule has 10 nitrogen and oxygen atoms in total. The first-order valence-corrected chi connectivity index (χ1v) is 11.0. The first-order valence-electron chi connectivity index (χ1n) is 11.0. The molecule has 0 aliphatic heterocycles. The maximum Gasteiger partial charge on any atom is 0.411 e. The Labute approximate surface area is 205 Å². The first kappa shape index (κ1) is 29.8. The van der Waals surface area contributed by atoms with Crippen LogP contribution < -0.4 is 19.9 Å². The molecule has 0 spiro atoms. The number of nitrogens with zero attached hydrogens (tertiary/aromatic N) is 1. The van der Waals surface area contributed by atoms with Crippen LogP contribution in [0.5, 0.6) is 17.2 Å². The van der Waals surface area contributed by atoms with Crippen molar-refractivity contribution in [1.82, 2.24) is 4.90 Å². The molecule has 2 amide bonds. The quantitative estimate of drug-likeness (QED) is 0.485. The lowest BCUT2D eigenvalue weighted by molar-refractivity contribution is -0.162. The Balaban J connectivity index is 3.68. The molecule has 35 heavy (non-hydrogen) atoms. The van der Waals surface area contributed by atoms with Gasteiger partial charge in [-0.15, -0.1) is 0 Å². The Kier molecular flexibility index (Phi) is 10.2. The van der Waals surface area contributed by atoms with Crippen LogP contribution in [0.4, 0.5) is 9.18 Å². The van der Waals surface area contributed by atoms with E-state index in [0.717, 1.165) is 4.90 Å². The van der Waals surface area contributed by atoms with Gasteiger partial charge in [-0.05, 0) is 41.5 Å². The Morgan fingerprint density at radius 1 is 0.914 bits per heavy atom. The highest BCUT2D eigenvalue weighted by atomic mass is 19.1. The molecule has 0 saturated carbocycles. The molecule has 198 valence electrons. The van der Waals surface area contributed by atoms with E-state index in [0.29, 0.717) is 11.3 Å². The van der Waals surface area contributed by atoms with Gasteiger partial charge in [-0.1, -0.05) is 0 Å². The minimum atomic E-state index is -2.22. The fourth-order valence-corrected chi connectivity index (χ4v) is 3.06. The third-order valence-corrected chi connectivity index (χ3v) is 4.57. The van der Waals surface area contributed by atoms with Crippen molar-refractivity contribution in [3.63, 3.8) is 0 Å². The number of methoxy groups -OCH3 is 3. The van der Waals surface area contributed by atoms with Gasteiger partial charge in [0.2, 0.25) is 0 Å². The van der Waals surface area contributed by atoms with Crippen molar-refractivity contribution >= 4 is 18.0 Å². The second-order valence-corrected chi connectivity index (χ2v) is 9.77. The molecule has 0 heterocycles. The number of esters is 1. The minimum absolute atomic E-state index is 0.282. The van der Waals surface area contributed by atoms with Crippen LogP contribution >= 0.6 is 0 Å². The summed E-state index contributed by atoms with van der Waals surface area (Å²) in [6.07, 6.45) is -3.90. The SMILES string of the molecule is COc1cc(OC)c(CN(C(=O)OC(C)(C)C)C(CC(F)C(N)=O)C(=O)OC(C)(C)C)c(OC)c1. The van der Waals surface area contributed by atoms with Crippen molar-refractivity contribution in [3.05, 3.63) is 17.7 Å². The fourth-order valence-electron chi connectivity index (χ4n) is 3.06. The lowest BCUT2D eigenvalue weighted by atomic mass is 10.0. The number of halogens is 1. The topological polar surface area (TPSA) is 127 Å². The zero-order valence-corrected chi connectivity index (χ0v) is 21.9. The van der Waals surface area contributed by atoms with Crippen molar-refractivity contribution in [2.75, 3.05) is 21.3 Å². The minimum Gasteiger partial charge on any atom is -0.496 e. The summed E-state index contributed by atoms with van der Waals surface area (Å²) in [5.41, 5.74) is 3.56. The predicted molar refractivity (Wildman–Crippen MR) is 126 cm³/mol. The first-order chi connectivity index (χ1) is 16.0. The summed E-state index contributed by atoms with van der Waals surface area (Å²) in [7, 11) is 4.28. The van der Waals surface area contributed by atoms with Gasteiger partial charge in [0.15, 0.2) is 6.17 Å². The maximum absolute atomic E-state index is 14.5. The molecule has 2 N–H and O–H groups in total. The Morgan fingerprint density at radius 3 is 1.77 bits per heavy atom. The van der Waals surface area contributed by atoms with E-state index in [4.69, 9.17) is 29.4 Å². The standard InChI is InChI=1S/C24H37FN2O8/c1-23(2,3)34-21(29)17(12-16(25)20(26)28)27(22(30)35-24(4,5)6)13-15-18(32-8)10-14(31-7)11-19(15)33-9/h10-11,16-17H,12-13H2,1-9H3,(H2,26,28). The average molecular weight is 501 g/mol. The Bertz CT molecular complexity index is 883. The molecule has 2 atom stereocenters. The second-order valence-electron chi connectivity index (χ2n) is 9.77. The summed E-state index contributed by atoms with van der Waals surface area (Å²) < 4.78 is 41.6. The number of benzene rings is 1. The molecule has 1 rings (SSSR count). The van der Waals surface area contributed by atoms with Gasteiger partial charge in [-0.3, -0.25) is 9.69 Å². The van der Waals surface area contributed by atoms with Gasteiger partial charge in [0.1, 0.15) is 34.5 Å². The normalized spacial score (nSPS) is 13.3. The predicted octanol–water partition coefficient (Wildman–Crippen LogP) is 3.37. The number of ether oxygens (including phenoxy) is 5. The number of carbonyl (C=O) groups excluding carboxylic acids is 3. The zero-order valence-electron chi connectivity index (χ0n) is 21.9. The molecule has 0 fully saturated rings. The van der Waals surface area contributed by atoms with Gasteiger partial charge in [0.25, 0.3) is 5.91 Å². The number of alkyl halides is 1. The average Bonchev–Trinajstić information content (AvgIpc) is 2.72. The van der Waals surface area contributed by atoms with Gasteiger partial charge in [-0.2, -0.15) is 0 Å². The Morgan fingerprint density at radius 2 is 1.40 bits per heavy atom. The monoisotopic (exact) mass is 500 g/mol. The third kappa shape index (κ3) is 9.14. The molecule has 2 unspecified atom stereocenters. The van der Waals surface area contributed by atoms with Crippen molar-refractivity contribution in [2.24, 2.45) is 5.73 Å². The van der Waals surface area contributed by atoms with Crippen molar-refractivity contribution in [2.45, 2.75) is 77.9 Å². The number of rotatable bonds is 10. The molecule has 0 bridgehead atoms. The van der Waals surface area contributed by atoms with Gasteiger partial charge in [0.05, 0.1) is 33.4 Å². The molecule has 1 aromatic carbocycles. The highest BCUT2D eigenvalue weighted by Crippen LogP contribution is 2.36. The van der Waals surface area contributed by atoms with E-state index >= 15 is 0 Å². The van der Waals surface area contributed by atoms with E-state index in [1.165, 1.54) is 21.3 Å². The van der Waals surface area contributed by atoms with Crippen LogP contribution in [0, 0.1) is 0 Å². The van der Waals surface area contributed by atoms with Crippen LogP contribution in [0.25, 0.3) is 0 Å². The number of hydrogen-bond donors (Lipinski definition) is 1. The number of hydrogen-bond acceptors (Lipinski definition) is 8. The van der Waals surface area contributed by atoms with Crippen LogP contribution in [0.2, 0.25) is 0 Å². The van der Waals surface area contributed by atoms with E-state index in [-0.39, 0.29) is 18.0 Å². The van der Waals surface area contributed by atoms with Crippen LogP contribution in [0.1, 0.15) is 53.5 Å². The molecular weight excluding hydrogens is 463 g/mol. The van der Waals surface area contributed by atoms with E-state index in [9.17, 15) is 18.8 Å². The molecule has 0 aliphatic carbocycles. The van der Waals surface area contributed by atoms with Crippen molar-refractivity contribution in [1.29, 1.82) is 0 Å². The van der Waals surface area contributed by atoms with Gasteiger partial charge < -0.3 is 29.4 Å². The number of nitrogens with two attached hydrogens (primary N) is 1. The highest BCUT2D eigenvalue weighted by molar-refractivity contribution is 5.84. The van der Waals surface area contributed by atoms with Crippen LogP contribution in [-0.2, 0) is 25.6 Å². The summed E-state index contributed by atoms with van der Waals surface area (Å²) in [6.45, 7) is 9.48. The van der Waals surface area contributed by atoms with Crippen LogP contribution in [0.3, 0.4) is 0 Å². The van der Waals surface area contributed by atoms with Gasteiger partial charge in [-0.25, -0.2) is 14.0 Å². The molecule has 0 aliphatic rings. The summed E-state index contributed by atoms with van der Waals surface area (Å²) in [6, 6.07) is 1.58. The Hall–Kier alpha value is -3.24. The molecular formula is C24H37FN2O8. The van der Waals surface area contributed by atoms with E-state index in [2.05, 4.69) is 0 Å². The van der Waals surface area contributed by atoms with E-state index in [1.807, 2.05) is 0 Å². The second kappa shape index (κ2) is 11.9. The number of primary amides is 1. The number of carbonyl (C=O) groups is 3. The molecule has 11 heteroatoms. The molecule has 0 radical (unpaired) electrons. The molecule has 0 saturated heterocycles. The lowest BCUT2D eigenvalue weighted by Crippen LogP contribution is -2.50. The smallest absolute Gasteiger partial charge is 0.411 e. The molecule has 1 aromatic rings. The summed E-state index contributed by atoms with van der Waals surface area (Å²) in [5, 5.41) is 0. The summed E-state index contributed by atoms with van der Waals surface area (Å²) in [4.78, 5) is 38.9. The van der Waals surface area contributed by atoms with Gasteiger partial charge >= 0.3 is 12.1 Å². The third-order valence-electron chi connectivity index (χ3n) is 4.57. The summed E-state index contributed by atoms with van der Waals surface area (Å²) in [5.74, 6) is -1.22. The zero-order chi connectivity index (χ0) is 27.1. The van der Waals surface area contributed by atoms with Crippen molar-refractivity contribution in [3.8, 4) is 17.2 Å². The van der Waals surface area contributed by atoms with Crippen LogP contribution in [-0.4, -0.2) is 67.6 Å². The maximum atomic E-state index is 14.5. The fraction of sp³-hybridized carbons (Fsp3) is 0.625. The van der Waals surface area contributed by atoms with Crippen molar-refractivity contribution < 1.29 is 42.5 Å². The lowest BCUT2D eigenvalue weighted by Gasteiger charge is -2.34. The van der Waals surface area contributed by atoms with E-state index in [1.54, 1.807) is 53.7 Å². The molecule has 0 aromatic heterocycles. The highest BCUT2D eigenvalue weighted by Gasteiger charge is 2.39. The van der Waals surface area contributed by atoms with Gasteiger partial charge in [0, 0.05) is 18.6 Å².